The van der Waals surface area contributed by atoms with Gasteiger partial charge in [0, 0.05) is 51.4 Å². The van der Waals surface area contributed by atoms with Gasteiger partial charge in [-0.25, -0.2) is 18.7 Å². The molecule has 0 spiro atoms. The summed E-state index contributed by atoms with van der Waals surface area (Å²) in [5.41, 5.74) is 7.61. The van der Waals surface area contributed by atoms with Crippen molar-refractivity contribution in [3.8, 4) is 0 Å². The second-order valence-electron chi connectivity index (χ2n) is 10.1. The number of aliphatic hydroxyl groups is 2. The van der Waals surface area contributed by atoms with Crippen LogP contribution in [-0.4, -0.2) is 94.5 Å². The van der Waals surface area contributed by atoms with Crippen LogP contribution in [0.5, 0.6) is 0 Å². The number of halogens is 3. The first-order valence-corrected chi connectivity index (χ1v) is 13.8. The number of aliphatic hydroxyl groups excluding tert-OH is 2. The number of likely N-dealkylation sites (tertiary alicyclic amines) is 1. The largest absolute Gasteiger partial charge is 0.395 e. The monoisotopic (exact) mass is 565 g/mol. The van der Waals surface area contributed by atoms with E-state index >= 15 is 0 Å². The van der Waals surface area contributed by atoms with Crippen molar-refractivity contribution < 1.29 is 19.0 Å². The average molecular weight is 566 g/mol. The molecule has 2 atom stereocenters. The smallest absolute Gasteiger partial charge is 0.172 e. The minimum absolute atomic E-state index is 0.0455. The highest BCUT2D eigenvalue weighted by Crippen LogP contribution is 2.32. The number of piperidine rings is 1. The van der Waals surface area contributed by atoms with Gasteiger partial charge in [-0.15, -0.1) is 0 Å². The zero-order chi connectivity index (χ0) is 28.1. The maximum absolute atomic E-state index is 13.8. The van der Waals surface area contributed by atoms with E-state index in [0.29, 0.717) is 35.4 Å². The van der Waals surface area contributed by atoms with Crippen LogP contribution < -0.4 is 16.0 Å². The molecule has 0 saturated carbocycles. The molecule has 9 nitrogen and oxygen atoms in total. The SMILES string of the molecule is C=C(NCCO)c1nc(Cl)c(N2CCN(C3CCN([C@@H](CO)c4ccc(F)c(F)c4)CC3)[C@@H](CC)C2)nc1N. The molecule has 3 heterocycles. The number of anilines is 2. The molecule has 4 rings (SSSR count). The molecule has 2 aliphatic rings. The molecule has 2 aromatic rings. The van der Waals surface area contributed by atoms with Gasteiger partial charge in [-0.05, 0) is 37.0 Å². The molecule has 12 heteroatoms. The Kier molecular flexibility index (Phi) is 9.95. The molecule has 2 saturated heterocycles. The van der Waals surface area contributed by atoms with Crippen molar-refractivity contribution >= 4 is 28.9 Å². The molecule has 39 heavy (non-hydrogen) atoms. The Morgan fingerprint density at radius 1 is 1.18 bits per heavy atom. The lowest BCUT2D eigenvalue weighted by Gasteiger charge is -2.48. The molecular weight excluding hydrogens is 528 g/mol. The van der Waals surface area contributed by atoms with Crippen LogP contribution in [0.4, 0.5) is 20.4 Å². The first-order chi connectivity index (χ1) is 18.8. The Balaban J connectivity index is 1.39. The normalized spacial score (nSPS) is 20.3. The van der Waals surface area contributed by atoms with Gasteiger partial charge < -0.3 is 26.2 Å². The van der Waals surface area contributed by atoms with E-state index in [4.69, 9.17) is 22.4 Å². The van der Waals surface area contributed by atoms with E-state index in [1.54, 1.807) is 6.07 Å². The van der Waals surface area contributed by atoms with Crippen LogP contribution in [0.2, 0.25) is 5.15 Å². The summed E-state index contributed by atoms with van der Waals surface area (Å²) in [5, 5.41) is 22.3. The molecule has 1 aromatic carbocycles. The van der Waals surface area contributed by atoms with Gasteiger partial charge in [0.15, 0.2) is 28.4 Å². The summed E-state index contributed by atoms with van der Waals surface area (Å²) in [5.74, 6) is -0.996. The zero-order valence-corrected chi connectivity index (χ0v) is 23.0. The van der Waals surface area contributed by atoms with Gasteiger partial charge in [-0.2, -0.15) is 0 Å². The van der Waals surface area contributed by atoms with Gasteiger partial charge in [0.25, 0.3) is 0 Å². The first-order valence-electron chi connectivity index (χ1n) is 13.4. The average Bonchev–Trinajstić information content (AvgIpc) is 2.95. The number of aromatic nitrogens is 2. The van der Waals surface area contributed by atoms with Crippen LogP contribution in [0.15, 0.2) is 24.8 Å². The molecule has 1 aromatic heterocycles. The highest BCUT2D eigenvalue weighted by Gasteiger charge is 2.35. The topological polar surface area (TPSA) is 114 Å². The van der Waals surface area contributed by atoms with Crippen LogP contribution in [0, 0.1) is 11.6 Å². The predicted molar refractivity (Wildman–Crippen MR) is 149 cm³/mol. The summed E-state index contributed by atoms with van der Waals surface area (Å²) in [7, 11) is 0. The fourth-order valence-electron chi connectivity index (χ4n) is 5.72. The van der Waals surface area contributed by atoms with E-state index in [1.165, 1.54) is 6.07 Å². The van der Waals surface area contributed by atoms with Gasteiger partial charge in [0.2, 0.25) is 0 Å². The summed E-state index contributed by atoms with van der Waals surface area (Å²) in [6.45, 7) is 10.0. The summed E-state index contributed by atoms with van der Waals surface area (Å²) in [6, 6.07) is 4.16. The van der Waals surface area contributed by atoms with Crippen molar-refractivity contribution in [2.24, 2.45) is 0 Å². The number of hydrogen-bond donors (Lipinski definition) is 4. The number of benzene rings is 1. The van der Waals surface area contributed by atoms with Gasteiger partial charge in [-0.3, -0.25) is 9.80 Å². The molecule has 0 bridgehead atoms. The summed E-state index contributed by atoms with van der Waals surface area (Å²) < 4.78 is 27.2. The van der Waals surface area contributed by atoms with Gasteiger partial charge in [0.1, 0.15) is 5.69 Å². The molecule has 0 radical (unpaired) electrons. The molecule has 2 aliphatic heterocycles. The fraction of sp³-hybridized carbons (Fsp3) is 0.556. The molecule has 5 N–H and O–H groups in total. The molecule has 0 aliphatic carbocycles. The molecule has 2 fully saturated rings. The van der Waals surface area contributed by atoms with Crippen molar-refractivity contribution in [1.29, 1.82) is 0 Å². The van der Waals surface area contributed by atoms with Crippen LogP contribution in [0.3, 0.4) is 0 Å². The van der Waals surface area contributed by atoms with Crippen molar-refractivity contribution in [2.75, 3.05) is 63.1 Å². The number of nitrogens with one attached hydrogen (secondary N) is 1. The quantitative estimate of drug-likeness (QED) is 0.345. The Labute approximate surface area is 233 Å². The number of nitrogens with two attached hydrogens (primary N) is 1. The van der Waals surface area contributed by atoms with Crippen molar-refractivity contribution in [3.05, 3.63) is 52.8 Å². The molecule has 214 valence electrons. The number of piperazine rings is 1. The Morgan fingerprint density at radius 3 is 2.56 bits per heavy atom. The van der Waals surface area contributed by atoms with E-state index < -0.39 is 11.6 Å². The lowest BCUT2D eigenvalue weighted by Crippen LogP contribution is -2.58. The standard InChI is InChI=1S/C27H38ClF2N7O2/c1-3-19-15-36(27-25(28)33-24(26(31)34-27)17(2)32-8-13-38)11-12-37(19)20-6-9-35(10-7-20)23(16-39)18-4-5-21(29)22(30)14-18/h4-5,14,19-20,23,32,38-39H,2-3,6-13,15-16H2,1H3,(H2,31,34)/t19-,23-/m0/s1. The van der Waals surface area contributed by atoms with Crippen molar-refractivity contribution in [1.82, 2.24) is 25.1 Å². The lowest BCUT2D eigenvalue weighted by atomic mass is 9.95. The van der Waals surface area contributed by atoms with Gasteiger partial charge in [-0.1, -0.05) is 31.2 Å². The van der Waals surface area contributed by atoms with E-state index in [0.717, 1.165) is 58.1 Å². The zero-order valence-electron chi connectivity index (χ0n) is 22.3. The van der Waals surface area contributed by atoms with E-state index in [1.807, 2.05) is 0 Å². The number of nitrogens with zero attached hydrogens (tertiary/aromatic N) is 5. The minimum Gasteiger partial charge on any atom is -0.395 e. The summed E-state index contributed by atoms with van der Waals surface area (Å²) >= 11 is 6.54. The highest BCUT2D eigenvalue weighted by atomic mass is 35.5. The minimum atomic E-state index is -0.894. The molecule has 0 amide bonds. The third kappa shape index (κ3) is 6.60. The fourth-order valence-corrected chi connectivity index (χ4v) is 5.97. The molecule has 0 unspecified atom stereocenters. The number of nitrogen functional groups attached to an aromatic ring is 1. The third-order valence-corrected chi connectivity index (χ3v) is 8.06. The number of hydrogen-bond acceptors (Lipinski definition) is 9. The summed E-state index contributed by atoms with van der Waals surface area (Å²) in [6.07, 6.45) is 2.79. The predicted octanol–water partition coefficient (Wildman–Crippen LogP) is 2.64. The first kappa shape index (κ1) is 29.4. The van der Waals surface area contributed by atoms with Crippen LogP contribution >= 0.6 is 11.6 Å². The van der Waals surface area contributed by atoms with Gasteiger partial charge in [0.05, 0.1) is 25.0 Å². The van der Waals surface area contributed by atoms with E-state index in [2.05, 4.69) is 43.5 Å². The van der Waals surface area contributed by atoms with Crippen LogP contribution in [0.25, 0.3) is 5.70 Å². The van der Waals surface area contributed by atoms with Crippen LogP contribution in [0.1, 0.15) is 43.5 Å². The van der Waals surface area contributed by atoms with Crippen molar-refractivity contribution in [3.63, 3.8) is 0 Å². The van der Waals surface area contributed by atoms with Gasteiger partial charge >= 0.3 is 0 Å². The maximum atomic E-state index is 13.8. The maximum Gasteiger partial charge on any atom is 0.172 e. The Morgan fingerprint density at radius 2 is 1.92 bits per heavy atom. The summed E-state index contributed by atoms with van der Waals surface area (Å²) in [4.78, 5) is 15.8. The highest BCUT2D eigenvalue weighted by molar-refractivity contribution is 6.31. The third-order valence-electron chi connectivity index (χ3n) is 7.81. The second-order valence-corrected chi connectivity index (χ2v) is 10.4. The Bertz CT molecular complexity index is 1150. The number of rotatable bonds is 10. The van der Waals surface area contributed by atoms with E-state index in [-0.39, 0.29) is 36.3 Å². The Hall–Kier alpha value is -2.57. The van der Waals surface area contributed by atoms with E-state index in [9.17, 15) is 13.9 Å². The molecular formula is C27H38ClF2N7O2. The second kappa shape index (κ2) is 13.2. The lowest BCUT2D eigenvalue weighted by molar-refractivity contribution is 0.0355. The van der Waals surface area contributed by atoms with Crippen molar-refractivity contribution in [2.45, 2.75) is 44.3 Å². The van der Waals surface area contributed by atoms with Crippen LogP contribution in [-0.2, 0) is 0 Å².